The van der Waals surface area contributed by atoms with Gasteiger partial charge in [0.1, 0.15) is 0 Å². The van der Waals surface area contributed by atoms with E-state index in [1.807, 2.05) is 36.4 Å². The minimum absolute atomic E-state index is 0. The molecule has 0 aromatic heterocycles. The van der Waals surface area contributed by atoms with Crippen LogP contribution >= 0.6 is 49.6 Å². The topological polar surface area (TPSA) is 0 Å². The normalized spacial score (nSPS) is 6.78. The van der Waals surface area contributed by atoms with Gasteiger partial charge in [-0.15, -0.1) is 49.6 Å². The lowest BCUT2D eigenvalue weighted by Gasteiger charge is -1.82. The van der Waals surface area contributed by atoms with Crippen molar-refractivity contribution in [2.45, 2.75) is 13.8 Å². The smallest absolute Gasteiger partial charge is 0.0398 e. The number of rotatable bonds is 0. The Morgan fingerprint density at radius 2 is 0.667 bits per heavy atom. The summed E-state index contributed by atoms with van der Waals surface area (Å²) in [6.45, 7) is 4.17. The Kier molecular flexibility index (Phi) is 24.2. The Morgan fingerprint density at radius 3 is 0.778 bits per heavy atom. The van der Waals surface area contributed by atoms with E-state index in [4.69, 9.17) is 0 Å². The van der Waals surface area contributed by atoms with Crippen LogP contribution < -0.4 is 0 Å². The van der Waals surface area contributed by atoms with Gasteiger partial charge in [0.05, 0.1) is 0 Å². The molecule has 0 N–H and O–H groups in total. The quantitative estimate of drug-likeness (QED) is 0.583. The Balaban J connectivity index is -0.0000000891. The number of hydrogen-bond donors (Lipinski definition) is 0. The van der Waals surface area contributed by atoms with Crippen LogP contribution in [-0.2, 0) is 0 Å². The van der Waals surface area contributed by atoms with E-state index < -0.39 is 0 Å². The lowest BCUT2D eigenvalue weighted by molar-refractivity contribution is 1.48. The Morgan fingerprint density at radius 1 is 0.444 bits per heavy atom. The van der Waals surface area contributed by atoms with Gasteiger partial charge >= 0.3 is 0 Å². The molecule has 104 valence electrons. The Bertz CT molecular complexity index is 311. The maximum atomic E-state index is 2.08. The van der Waals surface area contributed by atoms with Crippen molar-refractivity contribution in [1.82, 2.24) is 0 Å². The van der Waals surface area contributed by atoms with Crippen LogP contribution in [0.1, 0.15) is 11.1 Å². The molecule has 0 unspecified atom stereocenters. The van der Waals surface area contributed by atoms with Crippen LogP contribution in [0.2, 0.25) is 0 Å². The first-order valence-electron chi connectivity index (χ1n) is 4.82. The van der Waals surface area contributed by atoms with E-state index in [2.05, 4.69) is 38.1 Å². The van der Waals surface area contributed by atoms with Crippen molar-refractivity contribution in [3.63, 3.8) is 0 Å². The van der Waals surface area contributed by atoms with Crippen molar-refractivity contribution in [3.8, 4) is 0 Å². The highest BCUT2D eigenvalue weighted by atomic mass is 35.5. The molecule has 2 rings (SSSR count). The molecular formula is C14H20Cl4. The second-order valence-electron chi connectivity index (χ2n) is 3.31. The van der Waals surface area contributed by atoms with Crippen molar-refractivity contribution in [2.75, 3.05) is 0 Å². The summed E-state index contributed by atoms with van der Waals surface area (Å²) in [5.41, 5.74) is 2.64. The summed E-state index contributed by atoms with van der Waals surface area (Å²) in [4.78, 5) is 0. The van der Waals surface area contributed by atoms with Crippen molar-refractivity contribution in [2.24, 2.45) is 0 Å². The van der Waals surface area contributed by atoms with E-state index in [0.717, 1.165) is 0 Å². The summed E-state index contributed by atoms with van der Waals surface area (Å²) in [6.07, 6.45) is 0. The molecule has 0 amide bonds. The van der Waals surface area contributed by atoms with Gasteiger partial charge in [-0.2, -0.15) is 0 Å². The van der Waals surface area contributed by atoms with Gasteiger partial charge in [0.15, 0.2) is 0 Å². The van der Waals surface area contributed by atoms with Gasteiger partial charge in [0.25, 0.3) is 0 Å². The average molecular weight is 330 g/mol. The summed E-state index contributed by atoms with van der Waals surface area (Å²) in [5.74, 6) is 0. The summed E-state index contributed by atoms with van der Waals surface area (Å²) >= 11 is 0. The molecule has 0 saturated carbocycles. The maximum absolute atomic E-state index is 2.08. The number of hydrogen-bond acceptors (Lipinski definition) is 0. The fraction of sp³-hybridized carbons (Fsp3) is 0.143. The van der Waals surface area contributed by atoms with E-state index in [0.29, 0.717) is 0 Å². The first-order chi connectivity index (χ1) is 6.79. The zero-order valence-electron chi connectivity index (χ0n) is 10.4. The zero-order valence-corrected chi connectivity index (χ0v) is 13.7. The van der Waals surface area contributed by atoms with Crippen molar-refractivity contribution in [1.29, 1.82) is 0 Å². The molecule has 2 aromatic carbocycles. The monoisotopic (exact) mass is 328 g/mol. The molecule has 4 heteroatoms. The van der Waals surface area contributed by atoms with E-state index in [1.165, 1.54) is 11.1 Å². The molecule has 0 heterocycles. The minimum Gasteiger partial charge on any atom is -0.147 e. The maximum Gasteiger partial charge on any atom is -0.0398 e. The summed E-state index contributed by atoms with van der Waals surface area (Å²) in [6, 6.07) is 20.5. The van der Waals surface area contributed by atoms with Crippen LogP contribution in [-0.4, -0.2) is 0 Å². The van der Waals surface area contributed by atoms with E-state index in [9.17, 15) is 0 Å². The number of benzene rings is 2. The van der Waals surface area contributed by atoms with Crippen LogP contribution in [0, 0.1) is 13.8 Å². The highest BCUT2D eigenvalue weighted by Crippen LogP contribution is 1.92. The molecule has 0 fully saturated rings. The lowest BCUT2D eigenvalue weighted by Crippen LogP contribution is -1.62. The van der Waals surface area contributed by atoms with E-state index in [1.54, 1.807) is 0 Å². The highest BCUT2D eigenvalue weighted by molar-refractivity contribution is 5.86. The fourth-order valence-corrected chi connectivity index (χ4v) is 1.07. The largest absolute Gasteiger partial charge is 0.147 e. The van der Waals surface area contributed by atoms with Crippen molar-refractivity contribution < 1.29 is 0 Å². The molecule has 0 bridgehead atoms. The predicted molar refractivity (Wildman–Crippen MR) is 91.4 cm³/mol. The van der Waals surface area contributed by atoms with Gasteiger partial charge in [0.2, 0.25) is 0 Å². The van der Waals surface area contributed by atoms with Crippen LogP contribution in [0.3, 0.4) is 0 Å². The van der Waals surface area contributed by atoms with Gasteiger partial charge in [0, 0.05) is 0 Å². The van der Waals surface area contributed by atoms with Gasteiger partial charge in [-0.3, -0.25) is 0 Å². The van der Waals surface area contributed by atoms with E-state index in [-0.39, 0.29) is 49.6 Å². The molecule has 0 atom stereocenters. The third-order valence-corrected chi connectivity index (χ3v) is 1.88. The highest BCUT2D eigenvalue weighted by Gasteiger charge is 1.72. The first kappa shape index (κ1) is 26.2. The summed E-state index contributed by atoms with van der Waals surface area (Å²) in [5, 5.41) is 0. The van der Waals surface area contributed by atoms with Gasteiger partial charge in [-0.1, -0.05) is 71.8 Å². The van der Waals surface area contributed by atoms with E-state index >= 15 is 0 Å². The molecule has 0 radical (unpaired) electrons. The standard InChI is InChI=1S/2C7H8.4ClH/c2*1-7-5-3-2-4-6-7;;;;/h2*2-6H,1H3;4*1H. The average Bonchev–Trinajstić information content (AvgIpc) is 2.21. The van der Waals surface area contributed by atoms with Gasteiger partial charge < -0.3 is 0 Å². The number of aryl methyl sites for hydroxylation is 2. The van der Waals surface area contributed by atoms with Crippen molar-refractivity contribution in [3.05, 3.63) is 71.8 Å². The van der Waals surface area contributed by atoms with Crippen LogP contribution in [0.5, 0.6) is 0 Å². The lowest BCUT2D eigenvalue weighted by atomic mass is 10.2. The molecule has 0 nitrogen and oxygen atoms in total. The van der Waals surface area contributed by atoms with Gasteiger partial charge in [-0.05, 0) is 13.8 Å². The third kappa shape index (κ3) is 13.7. The van der Waals surface area contributed by atoms with Crippen LogP contribution in [0.4, 0.5) is 0 Å². The molecule has 0 spiro atoms. The SMILES string of the molecule is Cc1ccccc1.Cc1ccccc1.Cl.Cl.Cl.Cl. The minimum atomic E-state index is 0. The van der Waals surface area contributed by atoms with Gasteiger partial charge in [-0.25, -0.2) is 0 Å². The summed E-state index contributed by atoms with van der Waals surface area (Å²) in [7, 11) is 0. The third-order valence-electron chi connectivity index (χ3n) is 1.88. The molecule has 18 heavy (non-hydrogen) atoms. The second kappa shape index (κ2) is 16.6. The van der Waals surface area contributed by atoms with Crippen LogP contribution in [0.25, 0.3) is 0 Å². The van der Waals surface area contributed by atoms with Crippen molar-refractivity contribution >= 4 is 49.6 Å². The molecule has 2 aromatic rings. The first-order valence-corrected chi connectivity index (χ1v) is 4.82. The molecule has 0 aliphatic heterocycles. The zero-order chi connectivity index (χ0) is 10.2. The molecule has 0 saturated heterocycles. The molecular weight excluding hydrogens is 310 g/mol. The Labute approximate surface area is 135 Å². The second-order valence-corrected chi connectivity index (χ2v) is 3.31. The summed E-state index contributed by atoms with van der Waals surface area (Å²) < 4.78 is 0. The molecule has 0 aliphatic rings. The Hall–Kier alpha value is -0.400. The molecule has 0 aliphatic carbocycles. The van der Waals surface area contributed by atoms with Crippen LogP contribution in [0.15, 0.2) is 60.7 Å². The number of halogens is 4. The fourth-order valence-electron chi connectivity index (χ4n) is 1.07. The predicted octanol–water partition coefficient (Wildman–Crippen LogP) is 5.68.